The van der Waals surface area contributed by atoms with Crippen LogP contribution in [0.2, 0.25) is 0 Å². The van der Waals surface area contributed by atoms with Crippen LogP contribution < -0.4 is 15.0 Å². The van der Waals surface area contributed by atoms with Gasteiger partial charge in [0.25, 0.3) is 17.5 Å². The first kappa shape index (κ1) is 18.8. The lowest BCUT2D eigenvalue weighted by atomic mass is 10.1. The third kappa shape index (κ3) is 3.58. The van der Waals surface area contributed by atoms with Crippen LogP contribution in [-0.4, -0.2) is 29.4 Å². The van der Waals surface area contributed by atoms with Crippen LogP contribution in [0.5, 0.6) is 5.75 Å². The van der Waals surface area contributed by atoms with Gasteiger partial charge in [0, 0.05) is 6.07 Å². The molecule has 9 nitrogen and oxygen atoms in total. The number of amides is 4. The zero-order valence-electron chi connectivity index (χ0n) is 14.7. The largest absolute Gasteiger partial charge is 0.494 e. The first-order valence-electron chi connectivity index (χ1n) is 8.30. The SMILES string of the molecule is CCOc1ccc(N2C(=O)NC(=O)/C(=C\c3ccccc3[N+](=O)[O-])C2=O)cc1. The Morgan fingerprint density at radius 2 is 1.79 bits per heavy atom. The van der Waals surface area contributed by atoms with Crippen LogP contribution in [0.1, 0.15) is 12.5 Å². The molecule has 0 radical (unpaired) electrons. The Labute approximate surface area is 159 Å². The zero-order valence-corrected chi connectivity index (χ0v) is 14.7. The lowest BCUT2D eigenvalue weighted by molar-refractivity contribution is -0.385. The van der Waals surface area contributed by atoms with E-state index in [1.54, 1.807) is 18.2 Å². The molecule has 142 valence electrons. The van der Waals surface area contributed by atoms with Gasteiger partial charge in [0.2, 0.25) is 0 Å². The van der Waals surface area contributed by atoms with Crippen LogP contribution in [0.25, 0.3) is 6.08 Å². The van der Waals surface area contributed by atoms with Gasteiger partial charge in [-0.25, -0.2) is 9.69 Å². The average Bonchev–Trinajstić information content (AvgIpc) is 2.67. The van der Waals surface area contributed by atoms with Crippen molar-refractivity contribution in [1.82, 2.24) is 5.32 Å². The molecule has 1 saturated heterocycles. The molecule has 0 spiro atoms. The fraction of sp³-hybridized carbons (Fsp3) is 0.105. The highest BCUT2D eigenvalue weighted by Gasteiger charge is 2.37. The number of hydrogen-bond donors (Lipinski definition) is 1. The Hall–Kier alpha value is -4.01. The Bertz CT molecular complexity index is 997. The van der Waals surface area contributed by atoms with Crippen LogP contribution >= 0.6 is 0 Å². The van der Waals surface area contributed by atoms with Gasteiger partial charge in [0.05, 0.1) is 22.8 Å². The molecule has 9 heteroatoms. The molecular weight excluding hydrogens is 366 g/mol. The van der Waals surface area contributed by atoms with E-state index in [2.05, 4.69) is 5.32 Å². The first-order valence-corrected chi connectivity index (χ1v) is 8.30. The molecule has 28 heavy (non-hydrogen) atoms. The first-order chi connectivity index (χ1) is 13.4. The second-order valence-corrected chi connectivity index (χ2v) is 5.70. The highest BCUT2D eigenvalue weighted by Crippen LogP contribution is 2.26. The molecule has 1 fully saturated rings. The molecule has 1 aliphatic rings. The molecule has 0 aliphatic carbocycles. The smallest absolute Gasteiger partial charge is 0.335 e. The van der Waals surface area contributed by atoms with Gasteiger partial charge in [-0.05, 0) is 43.3 Å². The number of rotatable bonds is 5. The number of nitro groups is 1. The summed E-state index contributed by atoms with van der Waals surface area (Å²) in [5.41, 5.74) is -0.346. The van der Waals surface area contributed by atoms with E-state index in [-0.39, 0.29) is 22.5 Å². The summed E-state index contributed by atoms with van der Waals surface area (Å²) in [4.78, 5) is 48.5. The maximum absolute atomic E-state index is 12.8. The van der Waals surface area contributed by atoms with Crippen LogP contribution in [0.3, 0.4) is 0 Å². The van der Waals surface area contributed by atoms with Gasteiger partial charge in [-0.3, -0.25) is 25.0 Å². The van der Waals surface area contributed by atoms with Crippen molar-refractivity contribution in [2.24, 2.45) is 0 Å². The Morgan fingerprint density at radius 1 is 1.11 bits per heavy atom. The maximum atomic E-state index is 12.8. The number of imide groups is 2. The number of nitrogens with zero attached hydrogens (tertiary/aromatic N) is 2. The summed E-state index contributed by atoms with van der Waals surface area (Å²) in [5, 5.41) is 13.2. The topological polar surface area (TPSA) is 119 Å². The summed E-state index contributed by atoms with van der Waals surface area (Å²) >= 11 is 0. The van der Waals surface area contributed by atoms with Crippen molar-refractivity contribution in [2.45, 2.75) is 6.92 Å². The Balaban J connectivity index is 2.00. The molecule has 1 heterocycles. The summed E-state index contributed by atoms with van der Waals surface area (Å²) in [6.07, 6.45) is 1.10. The predicted octanol–water partition coefficient (Wildman–Crippen LogP) is 2.66. The van der Waals surface area contributed by atoms with Crippen molar-refractivity contribution < 1.29 is 24.0 Å². The fourth-order valence-electron chi connectivity index (χ4n) is 2.68. The quantitative estimate of drug-likeness (QED) is 0.368. The van der Waals surface area contributed by atoms with Crippen LogP contribution in [0.15, 0.2) is 54.1 Å². The van der Waals surface area contributed by atoms with Gasteiger partial charge in [-0.2, -0.15) is 0 Å². The van der Waals surface area contributed by atoms with E-state index in [1.807, 2.05) is 6.92 Å². The zero-order chi connectivity index (χ0) is 20.3. The predicted molar refractivity (Wildman–Crippen MR) is 99.7 cm³/mol. The molecule has 0 atom stereocenters. The molecular formula is C19H15N3O6. The third-order valence-corrected chi connectivity index (χ3v) is 3.94. The highest BCUT2D eigenvalue weighted by molar-refractivity contribution is 6.39. The van der Waals surface area contributed by atoms with Crippen molar-refractivity contribution in [3.8, 4) is 5.75 Å². The minimum Gasteiger partial charge on any atom is -0.494 e. The minimum absolute atomic E-state index is 0.0759. The van der Waals surface area contributed by atoms with Crippen molar-refractivity contribution in [1.29, 1.82) is 0 Å². The Morgan fingerprint density at radius 3 is 2.43 bits per heavy atom. The van der Waals surface area contributed by atoms with Crippen molar-refractivity contribution >= 4 is 35.3 Å². The van der Waals surface area contributed by atoms with Gasteiger partial charge in [0.1, 0.15) is 11.3 Å². The minimum atomic E-state index is -0.921. The van der Waals surface area contributed by atoms with Gasteiger partial charge in [0.15, 0.2) is 0 Å². The highest BCUT2D eigenvalue weighted by atomic mass is 16.6. The number of benzene rings is 2. The molecule has 1 N–H and O–H groups in total. The van der Waals surface area contributed by atoms with Gasteiger partial charge in [-0.15, -0.1) is 0 Å². The standard InChI is InChI=1S/C19H15N3O6/c1-2-28-14-9-7-13(8-10-14)21-18(24)15(17(23)20-19(21)25)11-12-5-3-4-6-16(12)22(26)27/h3-11H,2H2,1H3,(H,20,23,25)/b15-11+. The van der Waals surface area contributed by atoms with Crippen molar-refractivity contribution in [3.05, 3.63) is 69.8 Å². The number of para-hydroxylation sites is 1. The molecule has 2 aromatic rings. The summed E-state index contributed by atoms with van der Waals surface area (Å²) in [7, 11) is 0. The van der Waals surface area contributed by atoms with Gasteiger partial charge >= 0.3 is 6.03 Å². The molecule has 1 aliphatic heterocycles. The summed E-state index contributed by atoms with van der Waals surface area (Å²) in [6, 6.07) is 10.9. The summed E-state index contributed by atoms with van der Waals surface area (Å²) in [6.45, 7) is 2.28. The summed E-state index contributed by atoms with van der Waals surface area (Å²) in [5.74, 6) is -1.24. The van der Waals surface area contributed by atoms with Crippen molar-refractivity contribution in [2.75, 3.05) is 11.5 Å². The molecule has 0 unspecified atom stereocenters. The van der Waals surface area contributed by atoms with E-state index in [4.69, 9.17) is 4.74 Å². The van der Waals surface area contributed by atoms with Gasteiger partial charge in [-0.1, -0.05) is 12.1 Å². The van der Waals surface area contributed by atoms with Crippen LogP contribution in [0.4, 0.5) is 16.2 Å². The number of nitrogens with one attached hydrogen (secondary N) is 1. The number of ether oxygens (including phenoxy) is 1. The summed E-state index contributed by atoms with van der Waals surface area (Å²) < 4.78 is 5.32. The van der Waals surface area contributed by atoms with Crippen molar-refractivity contribution in [3.63, 3.8) is 0 Å². The molecule has 0 bridgehead atoms. The molecule has 0 saturated carbocycles. The normalized spacial score (nSPS) is 15.5. The third-order valence-electron chi connectivity index (χ3n) is 3.94. The van der Waals surface area contributed by atoms with E-state index < -0.39 is 22.8 Å². The van der Waals surface area contributed by atoms with E-state index in [0.29, 0.717) is 12.4 Å². The lowest BCUT2D eigenvalue weighted by Crippen LogP contribution is -2.54. The number of nitro benzene ring substituents is 1. The van der Waals surface area contributed by atoms with Crippen LogP contribution in [0, 0.1) is 10.1 Å². The Kier molecular flexibility index (Phi) is 5.16. The second kappa shape index (κ2) is 7.70. The number of anilines is 1. The number of barbiturate groups is 1. The molecule has 4 amide bonds. The van der Waals surface area contributed by atoms with E-state index >= 15 is 0 Å². The van der Waals surface area contributed by atoms with E-state index in [0.717, 1.165) is 11.0 Å². The van der Waals surface area contributed by atoms with E-state index in [9.17, 15) is 24.5 Å². The average molecular weight is 381 g/mol. The molecule has 3 rings (SSSR count). The van der Waals surface area contributed by atoms with Crippen LogP contribution in [-0.2, 0) is 9.59 Å². The lowest BCUT2D eigenvalue weighted by Gasteiger charge is -2.26. The molecule has 2 aromatic carbocycles. The fourth-order valence-corrected chi connectivity index (χ4v) is 2.68. The number of carbonyl (C=O) groups is 3. The second-order valence-electron chi connectivity index (χ2n) is 5.70. The monoisotopic (exact) mass is 381 g/mol. The number of carbonyl (C=O) groups excluding carboxylic acids is 3. The maximum Gasteiger partial charge on any atom is 0.335 e. The number of hydrogen-bond acceptors (Lipinski definition) is 6. The molecule has 0 aromatic heterocycles. The van der Waals surface area contributed by atoms with Gasteiger partial charge < -0.3 is 4.74 Å². The number of urea groups is 1. The van der Waals surface area contributed by atoms with E-state index in [1.165, 1.54) is 30.3 Å².